The fraction of sp³-hybridized carbons (Fsp3) is 0.0312. The van der Waals surface area contributed by atoms with Crippen LogP contribution in [0.15, 0.2) is 255 Å². The molecular formula is C64H45N. The second-order valence-electron chi connectivity index (χ2n) is 17.3. The van der Waals surface area contributed by atoms with E-state index in [9.17, 15) is 0 Å². The summed E-state index contributed by atoms with van der Waals surface area (Å²) in [7, 11) is 0. The molecule has 1 aliphatic carbocycles. The van der Waals surface area contributed by atoms with Crippen molar-refractivity contribution in [3.05, 3.63) is 271 Å². The van der Waals surface area contributed by atoms with E-state index in [0.717, 1.165) is 39.3 Å². The highest BCUT2D eigenvalue weighted by molar-refractivity contribution is 6.22. The lowest BCUT2D eigenvalue weighted by molar-refractivity contribution is 0.714. The molecule has 1 nitrogen and oxygen atoms in total. The standard InChI is InChI=1S/C64H45N/c1-64(48-30-15-6-16-31-48)59-37-20-19-33-55(59)56-41-39-50(43-60(56)64)65(63-51(44-22-7-2-8-23-44)35-21-36-52(63)45-24-9-3-10-25-45)49-38-40-54-53-32-17-18-34-57(53)61(46-26-11-4-12-27-46)62(58(54)42-49)47-28-13-5-14-29-47/h2-43H,1H3. The van der Waals surface area contributed by atoms with Gasteiger partial charge in [-0.25, -0.2) is 0 Å². The number of nitrogens with zero attached hydrogens (tertiary/aromatic N) is 1. The first-order chi connectivity index (χ1) is 32.2. The van der Waals surface area contributed by atoms with Gasteiger partial charge in [0.15, 0.2) is 0 Å². The van der Waals surface area contributed by atoms with Crippen molar-refractivity contribution in [2.24, 2.45) is 0 Å². The number of fused-ring (bicyclic) bond motifs is 6. The number of hydrogen-bond donors (Lipinski definition) is 0. The first-order valence-electron chi connectivity index (χ1n) is 22.6. The second kappa shape index (κ2) is 15.8. The number of para-hydroxylation sites is 1. The monoisotopic (exact) mass is 827 g/mol. The summed E-state index contributed by atoms with van der Waals surface area (Å²) in [6, 6.07) is 93.8. The zero-order chi connectivity index (χ0) is 43.3. The minimum atomic E-state index is -0.372. The van der Waals surface area contributed by atoms with Crippen LogP contribution in [0.2, 0.25) is 0 Å². The maximum absolute atomic E-state index is 2.55. The third kappa shape index (κ3) is 6.31. The molecule has 1 atom stereocenters. The fourth-order valence-electron chi connectivity index (χ4n) is 10.7. The largest absolute Gasteiger partial charge is 0.309 e. The molecule has 0 bridgehead atoms. The molecule has 0 aromatic heterocycles. The highest BCUT2D eigenvalue weighted by atomic mass is 15.1. The average Bonchev–Trinajstić information content (AvgIpc) is 3.65. The second-order valence-corrected chi connectivity index (χ2v) is 17.3. The maximum Gasteiger partial charge on any atom is 0.0618 e. The predicted molar refractivity (Wildman–Crippen MR) is 275 cm³/mol. The number of benzene rings is 11. The quantitative estimate of drug-likeness (QED) is 0.138. The number of rotatable bonds is 8. The Bertz CT molecular complexity index is 3470. The van der Waals surface area contributed by atoms with E-state index >= 15 is 0 Å². The van der Waals surface area contributed by atoms with Crippen molar-refractivity contribution in [1.82, 2.24) is 0 Å². The normalized spacial score (nSPS) is 14.0. The molecule has 1 heteroatoms. The molecule has 0 saturated carbocycles. The zero-order valence-electron chi connectivity index (χ0n) is 36.2. The van der Waals surface area contributed by atoms with Crippen LogP contribution in [0.1, 0.15) is 23.6 Å². The summed E-state index contributed by atoms with van der Waals surface area (Å²) in [6.45, 7) is 2.41. The summed E-state index contributed by atoms with van der Waals surface area (Å²) in [5, 5.41) is 4.91. The van der Waals surface area contributed by atoms with Crippen LogP contribution < -0.4 is 4.90 Å². The van der Waals surface area contributed by atoms with E-state index in [4.69, 9.17) is 0 Å². The molecule has 65 heavy (non-hydrogen) atoms. The van der Waals surface area contributed by atoms with Gasteiger partial charge in [0, 0.05) is 27.9 Å². The number of hydrogen-bond acceptors (Lipinski definition) is 1. The molecule has 11 aromatic carbocycles. The van der Waals surface area contributed by atoms with Gasteiger partial charge in [0.05, 0.1) is 5.69 Å². The molecule has 0 saturated heterocycles. The molecule has 0 heterocycles. The van der Waals surface area contributed by atoms with Crippen molar-refractivity contribution in [1.29, 1.82) is 0 Å². The summed E-state index contributed by atoms with van der Waals surface area (Å²) in [5.41, 5.74) is 18.9. The minimum absolute atomic E-state index is 0.372. The van der Waals surface area contributed by atoms with Gasteiger partial charge in [-0.15, -0.1) is 0 Å². The molecule has 12 rings (SSSR count). The van der Waals surface area contributed by atoms with Crippen molar-refractivity contribution < 1.29 is 0 Å². The Hall–Kier alpha value is -8.26. The smallest absolute Gasteiger partial charge is 0.0618 e. The Morgan fingerprint density at radius 2 is 0.723 bits per heavy atom. The van der Waals surface area contributed by atoms with Crippen LogP contribution in [0.4, 0.5) is 17.1 Å². The van der Waals surface area contributed by atoms with E-state index in [2.05, 4.69) is 267 Å². The fourth-order valence-corrected chi connectivity index (χ4v) is 10.7. The molecule has 1 aliphatic rings. The summed E-state index contributed by atoms with van der Waals surface area (Å²) in [4.78, 5) is 2.55. The Labute approximate surface area is 381 Å². The molecule has 0 spiro atoms. The van der Waals surface area contributed by atoms with Crippen molar-refractivity contribution in [3.8, 4) is 55.6 Å². The Balaban J connectivity index is 1.21. The first-order valence-corrected chi connectivity index (χ1v) is 22.6. The van der Waals surface area contributed by atoms with Crippen molar-refractivity contribution >= 4 is 38.6 Å². The SMILES string of the molecule is CC1(c2ccccc2)c2ccccc2-c2ccc(N(c3ccc4c(c3)c(-c3ccccc3)c(-c3ccccc3)c3ccccc34)c3c(-c4ccccc4)cccc3-c3ccccc3)cc21. The van der Waals surface area contributed by atoms with E-state index in [1.165, 1.54) is 71.6 Å². The Morgan fingerprint density at radius 3 is 1.34 bits per heavy atom. The number of anilines is 3. The Kier molecular flexibility index (Phi) is 9.35. The average molecular weight is 828 g/mol. The van der Waals surface area contributed by atoms with Crippen LogP contribution in [0, 0.1) is 0 Å². The summed E-state index contributed by atoms with van der Waals surface area (Å²) >= 11 is 0. The molecule has 0 fully saturated rings. The van der Waals surface area contributed by atoms with Crippen LogP contribution in [0.5, 0.6) is 0 Å². The van der Waals surface area contributed by atoms with Crippen LogP contribution >= 0.6 is 0 Å². The highest BCUT2D eigenvalue weighted by Gasteiger charge is 2.41. The van der Waals surface area contributed by atoms with Crippen LogP contribution in [-0.4, -0.2) is 0 Å². The predicted octanol–water partition coefficient (Wildman–Crippen LogP) is 17.5. The van der Waals surface area contributed by atoms with Gasteiger partial charge in [-0.2, -0.15) is 0 Å². The van der Waals surface area contributed by atoms with Gasteiger partial charge in [-0.05, 0) is 114 Å². The topological polar surface area (TPSA) is 3.24 Å². The zero-order valence-corrected chi connectivity index (χ0v) is 36.2. The van der Waals surface area contributed by atoms with Gasteiger partial charge < -0.3 is 4.90 Å². The van der Waals surface area contributed by atoms with Gasteiger partial charge in [-0.1, -0.05) is 231 Å². The summed E-state index contributed by atoms with van der Waals surface area (Å²) in [5.74, 6) is 0. The van der Waals surface area contributed by atoms with E-state index in [1.807, 2.05) is 0 Å². The van der Waals surface area contributed by atoms with Crippen molar-refractivity contribution in [2.45, 2.75) is 12.3 Å². The lowest BCUT2D eigenvalue weighted by atomic mass is 9.74. The third-order valence-corrected chi connectivity index (χ3v) is 13.7. The molecule has 0 radical (unpaired) electrons. The summed E-state index contributed by atoms with van der Waals surface area (Å²) in [6.07, 6.45) is 0. The van der Waals surface area contributed by atoms with Crippen molar-refractivity contribution in [3.63, 3.8) is 0 Å². The molecule has 1 unspecified atom stereocenters. The minimum Gasteiger partial charge on any atom is -0.309 e. The molecule has 11 aromatic rings. The van der Waals surface area contributed by atoms with Crippen LogP contribution in [-0.2, 0) is 5.41 Å². The molecule has 0 aliphatic heterocycles. The molecular weight excluding hydrogens is 783 g/mol. The van der Waals surface area contributed by atoms with E-state index in [1.54, 1.807) is 0 Å². The van der Waals surface area contributed by atoms with Crippen molar-refractivity contribution in [2.75, 3.05) is 4.90 Å². The van der Waals surface area contributed by atoms with Gasteiger partial charge >= 0.3 is 0 Å². The van der Waals surface area contributed by atoms with Gasteiger partial charge in [0.2, 0.25) is 0 Å². The van der Waals surface area contributed by atoms with E-state index in [0.29, 0.717) is 0 Å². The highest BCUT2D eigenvalue weighted by Crippen LogP contribution is 2.56. The molecule has 0 N–H and O–H groups in total. The van der Waals surface area contributed by atoms with Crippen LogP contribution in [0.3, 0.4) is 0 Å². The summed E-state index contributed by atoms with van der Waals surface area (Å²) < 4.78 is 0. The lowest BCUT2D eigenvalue weighted by Crippen LogP contribution is -2.23. The maximum atomic E-state index is 2.55. The van der Waals surface area contributed by atoms with Gasteiger partial charge in [-0.3, -0.25) is 0 Å². The van der Waals surface area contributed by atoms with Crippen LogP contribution in [0.25, 0.3) is 77.2 Å². The lowest BCUT2D eigenvalue weighted by Gasteiger charge is -2.33. The van der Waals surface area contributed by atoms with Gasteiger partial charge in [0.25, 0.3) is 0 Å². The van der Waals surface area contributed by atoms with E-state index < -0.39 is 0 Å². The van der Waals surface area contributed by atoms with Gasteiger partial charge in [0.1, 0.15) is 0 Å². The third-order valence-electron chi connectivity index (χ3n) is 13.7. The molecule has 306 valence electrons. The first kappa shape index (κ1) is 38.4. The Morgan fingerprint density at radius 1 is 0.292 bits per heavy atom. The van der Waals surface area contributed by atoms with E-state index in [-0.39, 0.29) is 5.41 Å². The molecule has 0 amide bonds.